The second-order valence-corrected chi connectivity index (χ2v) is 5.69. The Hall–Kier alpha value is -0.530. The highest BCUT2D eigenvalue weighted by atomic mass is 16.2. The molecule has 14 heavy (non-hydrogen) atoms. The Labute approximate surface area is 87.5 Å². The van der Waals surface area contributed by atoms with Crippen molar-refractivity contribution in [2.45, 2.75) is 59.4 Å². The summed E-state index contributed by atoms with van der Waals surface area (Å²) in [7, 11) is 0. The van der Waals surface area contributed by atoms with Crippen LogP contribution < -0.4 is 5.32 Å². The fraction of sp³-hybridized carbons (Fsp3) is 0.917. The molecule has 0 saturated heterocycles. The molecular formula is C12H23NO. The van der Waals surface area contributed by atoms with Crippen LogP contribution in [0.1, 0.15) is 53.4 Å². The van der Waals surface area contributed by atoms with E-state index < -0.39 is 0 Å². The fourth-order valence-electron chi connectivity index (χ4n) is 1.97. The molecule has 0 aromatic carbocycles. The Balaban J connectivity index is 2.40. The second kappa shape index (κ2) is 4.33. The third-order valence-electron chi connectivity index (χ3n) is 2.95. The van der Waals surface area contributed by atoms with Crippen LogP contribution >= 0.6 is 0 Å². The zero-order valence-electron chi connectivity index (χ0n) is 9.89. The molecule has 1 saturated carbocycles. The van der Waals surface area contributed by atoms with Gasteiger partial charge in [-0.05, 0) is 18.8 Å². The van der Waals surface area contributed by atoms with Crippen molar-refractivity contribution in [2.75, 3.05) is 0 Å². The van der Waals surface area contributed by atoms with Crippen LogP contribution in [0, 0.1) is 11.3 Å². The lowest BCUT2D eigenvalue weighted by molar-refractivity contribution is -0.129. The number of hydrogen-bond donors (Lipinski definition) is 1. The summed E-state index contributed by atoms with van der Waals surface area (Å²) in [5.74, 6) is 0.964. The van der Waals surface area contributed by atoms with Crippen LogP contribution in [0.25, 0.3) is 0 Å². The van der Waals surface area contributed by atoms with Crippen molar-refractivity contribution in [2.24, 2.45) is 11.3 Å². The highest BCUT2D eigenvalue weighted by Crippen LogP contribution is 2.24. The maximum Gasteiger partial charge on any atom is 0.225 e. The van der Waals surface area contributed by atoms with E-state index in [0.717, 1.165) is 18.8 Å². The number of amides is 1. The van der Waals surface area contributed by atoms with Gasteiger partial charge in [0.1, 0.15) is 0 Å². The van der Waals surface area contributed by atoms with Gasteiger partial charge in [0.25, 0.3) is 0 Å². The van der Waals surface area contributed by atoms with E-state index in [2.05, 4.69) is 12.2 Å². The Morgan fingerprint density at radius 2 is 1.93 bits per heavy atom. The van der Waals surface area contributed by atoms with E-state index in [0.29, 0.717) is 6.04 Å². The van der Waals surface area contributed by atoms with E-state index in [9.17, 15) is 4.79 Å². The first kappa shape index (κ1) is 11.5. The summed E-state index contributed by atoms with van der Waals surface area (Å²) >= 11 is 0. The quantitative estimate of drug-likeness (QED) is 0.688. The molecule has 1 rings (SSSR count). The minimum atomic E-state index is -0.249. The summed E-state index contributed by atoms with van der Waals surface area (Å²) in [6, 6.07) is 0.422. The van der Waals surface area contributed by atoms with Gasteiger partial charge >= 0.3 is 0 Å². The van der Waals surface area contributed by atoms with Gasteiger partial charge in [-0.1, -0.05) is 40.5 Å². The van der Waals surface area contributed by atoms with Gasteiger partial charge in [0, 0.05) is 11.5 Å². The Bertz CT molecular complexity index is 205. The third kappa shape index (κ3) is 3.32. The average molecular weight is 197 g/mol. The van der Waals surface area contributed by atoms with E-state index in [1.807, 2.05) is 20.8 Å². The zero-order chi connectivity index (χ0) is 10.8. The zero-order valence-corrected chi connectivity index (χ0v) is 9.89. The third-order valence-corrected chi connectivity index (χ3v) is 2.95. The predicted molar refractivity (Wildman–Crippen MR) is 59.0 cm³/mol. The van der Waals surface area contributed by atoms with Crippen LogP contribution in [0.5, 0.6) is 0 Å². The molecule has 2 nitrogen and oxygen atoms in total. The van der Waals surface area contributed by atoms with Gasteiger partial charge < -0.3 is 5.32 Å². The smallest absolute Gasteiger partial charge is 0.225 e. The van der Waals surface area contributed by atoms with Gasteiger partial charge in [-0.3, -0.25) is 4.79 Å². The minimum Gasteiger partial charge on any atom is -0.353 e. The van der Waals surface area contributed by atoms with E-state index in [-0.39, 0.29) is 11.3 Å². The molecule has 1 fully saturated rings. The standard InChI is InChI=1S/C12H23NO/c1-9-6-5-7-10(8-9)13-11(14)12(2,3)4/h9-10H,5-8H2,1-4H3,(H,13,14). The first-order valence-electron chi connectivity index (χ1n) is 5.70. The van der Waals surface area contributed by atoms with Gasteiger partial charge in [-0.2, -0.15) is 0 Å². The molecule has 2 atom stereocenters. The van der Waals surface area contributed by atoms with Crippen LogP contribution in [0.2, 0.25) is 0 Å². The summed E-state index contributed by atoms with van der Waals surface area (Å²) in [6.45, 7) is 8.17. The molecule has 82 valence electrons. The molecule has 0 spiro atoms. The summed E-state index contributed by atoms with van der Waals surface area (Å²) in [5, 5.41) is 3.15. The average Bonchev–Trinajstić information content (AvgIpc) is 2.02. The lowest BCUT2D eigenvalue weighted by Crippen LogP contribution is -2.43. The Morgan fingerprint density at radius 1 is 1.29 bits per heavy atom. The van der Waals surface area contributed by atoms with Crippen molar-refractivity contribution in [3.63, 3.8) is 0 Å². The first-order valence-corrected chi connectivity index (χ1v) is 5.70. The van der Waals surface area contributed by atoms with Crippen LogP contribution in [0.3, 0.4) is 0 Å². The highest BCUT2D eigenvalue weighted by molar-refractivity contribution is 5.81. The lowest BCUT2D eigenvalue weighted by Gasteiger charge is -2.30. The molecule has 1 amide bonds. The monoisotopic (exact) mass is 197 g/mol. The molecule has 2 heteroatoms. The van der Waals surface area contributed by atoms with Crippen LogP contribution in [-0.4, -0.2) is 11.9 Å². The second-order valence-electron chi connectivity index (χ2n) is 5.69. The topological polar surface area (TPSA) is 29.1 Å². The SMILES string of the molecule is CC1CCCC(NC(=O)C(C)(C)C)C1. The molecule has 0 radical (unpaired) electrons. The van der Waals surface area contributed by atoms with Crippen molar-refractivity contribution in [1.29, 1.82) is 0 Å². The summed E-state index contributed by atoms with van der Waals surface area (Å²) in [6.07, 6.45) is 4.89. The van der Waals surface area contributed by atoms with Crippen molar-refractivity contribution in [3.05, 3.63) is 0 Å². The number of rotatable bonds is 1. The van der Waals surface area contributed by atoms with Gasteiger partial charge in [0.05, 0.1) is 0 Å². The molecule has 1 N–H and O–H groups in total. The maximum absolute atomic E-state index is 11.7. The molecule has 0 bridgehead atoms. The summed E-state index contributed by atoms with van der Waals surface area (Å²) < 4.78 is 0. The predicted octanol–water partition coefficient (Wildman–Crippen LogP) is 2.73. The van der Waals surface area contributed by atoms with Crippen LogP contribution in [0.15, 0.2) is 0 Å². The van der Waals surface area contributed by atoms with E-state index in [1.165, 1.54) is 12.8 Å². The molecule has 0 heterocycles. The fourth-order valence-corrected chi connectivity index (χ4v) is 1.97. The van der Waals surface area contributed by atoms with Gasteiger partial charge in [-0.25, -0.2) is 0 Å². The largest absolute Gasteiger partial charge is 0.353 e. The summed E-state index contributed by atoms with van der Waals surface area (Å²) in [4.78, 5) is 11.7. The van der Waals surface area contributed by atoms with Crippen molar-refractivity contribution in [3.8, 4) is 0 Å². The highest BCUT2D eigenvalue weighted by Gasteiger charge is 2.26. The number of carbonyl (C=O) groups excluding carboxylic acids is 1. The molecular weight excluding hydrogens is 174 g/mol. The van der Waals surface area contributed by atoms with Gasteiger partial charge in [-0.15, -0.1) is 0 Å². The normalized spacial score (nSPS) is 28.6. The molecule has 1 aliphatic rings. The van der Waals surface area contributed by atoms with E-state index in [4.69, 9.17) is 0 Å². The Morgan fingerprint density at radius 3 is 2.43 bits per heavy atom. The minimum absolute atomic E-state index is 0.191. The van der Waals surface area contributed by atoms with Gasteiger partial charge in [0.15, 0.2) is 0 Å². The molecule has 0 aromatic heterocycles. The van der Waals surface area contributed by atoms with Gasteiger partial charge in [0.2, 0.25) is 5.91 Å². The first-order chi connectivity index (χ1) is 6.39. The maximum atomic E-state index is 11.7. The van der Waals surface area contributed by atoms with Crippen molar-refractivity contribution in [1.82, 2.24) is 5.32 Å². The lowest BCUT2D eigenvalue weighted by atomic mass is 9.86. The number of nitrogens with one attached hydrogen (secondary N) is 1. The molecule has 0 aromatic rings. The number of hydrogen-bond acceptors (Lipinski definition) is 1. The van der Waals surface area contributed by atoms with Crippen LogP contribution in [0.4, 0.5) is 0 Å². The molecule has 2 unspecified atom stereocenters. The van der Waals surface area contributed by atoms with Crippen LogP contribution in [-0.2, 0) is 4.79 Å². The molecule has 1 aliphatic carbocycles. The van der Waals surface area contributed by atoms with Crippen molar-refractivity contribution < 1.29 is 4.79 Å². The molecule has 0 aliphatic heterocycles. The number of carbonyl (C=O) groups is 1. The Kier molecular flexibility index (Phi) is 3.57. The van der Waals surface area contributed by atoms with E-state index >= 15 is 0 Å². The van der Waals surface area contributed by atoms with E-state index in [1.54, 1.807) is 0 Å². The summed E-state index contributed by atoms with van der Waals surface area (Å²) in [5.41, 5.74) is -0.249. The van der Waals surface area contributed by atoms with Crippen molar-refractivity contribution >= 4 is 5.91 Å².